The quantitative estimate of drug-likeness (QED) is 0.457. The molecule has 3 aliphatic rings. The molecule has 42 heavy (non-hydrogen) atoms. The molecular weight excluding hydrogens is 526 g/mol. The molecular formula is C35H49N3O4. The van der Waals surface area contributed by atoms with Gasteiger partial charge in [-0.3, -0.25) is 14.4 Å². The fourth-order valence-corrected chi connectivity index (χ4v) is 8.05. The lowest BCUT2D eigenvalue weighted by Crippen LogP contribution is -2.64. The van der Waals surface area contributed by atoms with Gasteiger partial charge >= 0.3 is 0 Å². The van der Waals surface area contributed by atoms with Crippen LogP contribution < -0.4 is 5.56 Å². The zero-order valence-corrected chi connectivity index (χ0v) is 25.8. The van der Waals surface area contributed by atoms with E-state index < -0.39 is 11.0 Å². The number of hydrogen-bond acceptors (Lipinski definition) is 4. The van der Waals surface area contributed by atoms with Crippen molar-refractivity contribution < 1.29 is 14.7 Å². The van der Waals surface area contributed by atoms with Crippen LogP contribution in [0.2, 0.25) is 0 Å². The Kier molecular flexibility index (Phi) is 9.26. The van der Waals surface area contributed by atoms with Crippen LogP contribution >= 0.6 is 0 Å². The van der Waals surface area contributed by atoms with Crippen molar-refractivity contribution in [1.82, 2.24) is 14.4 Å². The first-order valence-electron chi connectivity index (χ1n) is 16.2. The Hall–Kier alpha value is -2.93. The summed E-state index contributed by atoms with van der Waals surface area (Å²) in [5.41, 5.74) is 0.00519. The van der Waals surface area contributed by atoms with Crippen molar-refractivity contribution in [2.24, 2.45) is 17.3 Å². The Morgan fingerprint density at radius 1 is 1.00 bits per heavy atom. The summed E-state index contributed by atoms with van der Waals surface area (Å²) in [6.45, 7) is 3.24. The smallest absolute Gasteiger partial charge is 0.255 e. The second kappa shape index (κ2) is 12.7. The van der Waals surface area contributed by atoms with Crippen molar-refractivity contribution in [2.75, 3.05) is 27.2 Å². The first kappa shape index (κ1) is 30.5. The predicted molar refractivity (Wildman–Crippen MR) is 166 cm³/mol. The van der Waals surface area contributed by atoms with Crippen LogP contribution in [0.15, 0.2) is 47.4 Å². The number of carbonyl (C=O) groups excluding carboxylic acids is 2. The lowest BCUT2D eigenvalue weighted by atomic mass is 9.59. The number of pyridine rings is 1. The van der Waals surface area contributed by atoms with Crippen LogP contribution in [-0.2, 0) is 11.3 Å². The number of aliphatic hydroxyl groups is 1. The zero-order chi connectivity index (χ0) is 29.9. The van der Waals surface area contributed by atoms with Gasteiger partial charge in [-0.25, -0.2) is 0 Å². The van der Waals surface area contributed by atoms with E-state index in [1.165, 1.54) is 43.1 Å². The largest absolute Gasteiger partial charge is 0.387 e. The molecule has 1 saturated heterocycles. The Balaban J connectivity index is 1.42. The van der Waals surface area contributed by atoms with Crippen molar-refractivity contribution in [3.63, 3.8) is 0 Å². The summed E-state index contributed by atoms with van der Waals surface area (Å²) in [4.78, 5) is 44.1. The molecule has 7 nitrogen and oxygen atoms in total. The van der Waals surface area contributed by atoms with Gasteiger partial charge in [0, 0.05) is 56.3 Å². The van der Waals surface area contributed by atoms with Crippen LogP contribution in [0.5, 0.6) is 0 Å². The molecule has 1 aromatic carbocycles. The molecule has 7 heteroatoms. The van der Waals surface area contributed by atoms with Crippen LogP contribution in [-0.4, -0.2) is 64.1 Å². The second-order valence-corrected chi connectivity index (χ2v) is 13.7. The number of benzene rings is 1. The summed E-state index contributed by atoms with van der Waals surface area (Å²) in [6, 6.07) is 11.0. The minimum absolute atomic E-state index is 0.00677. The number of amides is 2. The Morgan fingerprint density at radius 3 is 2.33 bits per heavy atom. The standard InChI is InChI=1S/C35H49N3O4/c1-26(21-27-13-7-4-8-14-27)32(40)37-20-19-35(42,34(24-37)17-11-6-12-18-34)25-38-23-30(33(41)36(2)3)29(22-31(38)39)28-15-9-5-10-16-28/h5,9-10,15-16,22-23,26-27,42H,4,6-8,11-14,17-21,24-25H2,1-3H3/t26-,35?/m1/s1. The van der Waals surface area contributed by atoms with Gasteiger partial charge in [0.25, 0.3) is 11.5 Å². The molecule has 5 rings (SSSR count). The fraction of sp³-hybridized carbons (Fsp3) is 0.629. The number of hydrogen-bond donors (Lipinski definition) is 1. The minimum Gasteiger partial charge on any atom is -0.387 e. The average molecular weight is 576 g/mol. The van der Waals surface area contributed by atoms with Crippen molar-refractivity contribution in [2.45, 2.75) is 96.1 Å². The summed E-state index contributed by atoms with van der Waals surface area (Å²) in [5.74, 6) is 0.672. The lowest BCUT2D eigenvalue weighted by molar-refractivity contribution is -0.173. The molecule has 0 bridgehead atoms. The van der Waals surface area contributed by atoms with Gasteiger partial charge in [-0.1, -0.05) is 88.6 Å². The number of aromatic nitrogens is 1. The van der Waals surface area contributed by atoms with E-state index in [0.717, 1.165) is 44.1 Å². The summed E-state index contributed by atoms with van der Waals surface area (Å²) in [5, 5.41) is 12.5. The third-order valence-corrected chi connectivity index (χ3v) is 10.5. The van der Waals surface area contributed by atoms with E-state index in [1.807, 2.05) is 35.2 Å². The van der Waals surface area contributed by atoms with Gasteiger partial charge in [0.2, 0.25) is 5.91 Å². The Morgan fingerprint density at radius 2 is 1.67 bits per heavy atom. The molecule has 3 fully saturated rings. The van der Waals surface area contributed by atoms with Gasteiger partial charge in [-0.15, -0.1) is 0 Å². The number of rotatable bonds is 7. The van der Waals surface area contributed by atoms with E-state index in [2.05, 4.69) is 6.92 Å². The number of piperidine rings is 1. The van der Waals surface area contributed by atoms with Crippen LogP contribution in [0.1, 0.15) is 94.3 Å². The van der Waals surface area contributed by atoms with Gasteiger partial charge in [0.1, 0.15) is 0 Å². The third kappa shape index (κ3) is 6.22. The summed E-state index contributed by atoms with van der Waals surface area (Å²) in [6.07, 6.45) is 14.2. The van der Waals surface area contributed by atoms with Crippen molar-refractivity contribution in [3.8, 4) is 11.1 Å². The summed E-state index contributed by atoms with van der Waals surface area (Å²) >= 11 is 0. The van der Waals surface area contributed by atoms with Crippen molar-refractivity contribution in [1.29, 1.82) is 0 Å². The third-order valence-electron chi connectivity index (χ3n) is 10.5. The van der Waals surface area contributed by atoms with E-state index in [-0.39, 0.29) is 29.8 Å². The highest BCUT2D eigenvalue weighted by molar-refractivity contribution is 6.00. The molecule has 1 aliphatic heterocycles. The summed E-state index contributed by atoms with van der Waals surface area (Å²) in [7, 11) is 3.41. The van der Waals surface area contributed by atoms with Crippen LogP contribution in [0, 0.1) is 17.3 Å². The maximum atomic E-state index is 13.7. The molecule has 2 aliphatic carbocycles. The minimum atomic E-state index is -1.15. The Labute approximate surface area is 250 Å². The highest BCUT2D eigenvalue weighted by Gasteiger charge is 2.55. The molecule has 2 saturated carbocycles. The topological polar surface area (TPSA) is 82.8 Å². The van der Waals surface area contributed by atoms with Crippen LogP contribution in [0.25, 0.3) is 11.1 Å². The fourth-order valence-electron chi connectivity index (χ4n) is 8.05. The summed E-state index contributed by atoms with van der Waals surface area (Å²) < 4.78 is 1.54. The van der Waals surface area contributed by atoms with Crippen molar-refractivity contribution >= 4 is 11.8 Å². The zero-order valence-electron chi connectivity index (χ0n) is 25.8. The van der Waals surface area contributed by atoms with Crippen LogP contribution in [0.4, 0.5) is 0 Å². The maximum absolute atomic E-state index is 13.7. The predicted octanol–water partition coefficient (Wildman–Crippen LogP) is 5.74. The SMILES string of the molecule is C[C@H](CC1CCCCC1)C(=O)N1CCC(O)(Cn2cc(C(=O)N(C)C)c(-c3ccccc3)cc2=O)C2(CCCCC2)C1. The van der Waals surface area contributed by atoms with Gasteiger partial charge in [-0.2, -0.15) is 0 Å². The lowest BCUT2D eigenvalue weighted by Gasteiger charge is -2.56. The van der Waals surface area contributed by atoms with Gasteiger partial charge in [-0.05, 0) is 37.2 Å². The molecule has 2 heterocycles. The molecule has 1 aromatic heterocycles. The highest BCUT2D eigenvalue weighted by atomic mass is 16.3. The Bertz CT molecular complexity index is 1310. The monoisotopic (exact) mass is 575 g/mol. The highest BCUT2D eigenvalue weighted by Crippen LogP contribution is 2.50. The van der Waals surface area contributed by atoms with E-state index in [4.69, 9.17) is 0 Å². The molecule has 1 N–H and O–H groups in total. The average Bonchev–Trinajstić information content (AvgIpc) is 3.00. The van der Waals surface area contributed by atoms with E-state index in [0.29, 0.717) is 36.6 Å². The number of carbonyl (C=O) groups is 2. The normalized spacial score (nSPS) is 23.5. The molecule has 1 unspecified atom stereocenters. The second-order valence-electron chi connectivity index (χ2n) is 13.7. The molecule has 1 spiro atoms. The van der Waals surface area contributed by atoms with E-state index in [9.17, 15) is 19.5 Å². The van der Waals surface area contributed by atoms with Crippen molar-refractivity contribution in [3.05, 3.63) is 58.5 Å². The number of nitrogens with zero attached hydrogens (tertiary/aromatic N) is 3. The van der Waals surface area contributed by atoms with Gasteiger partial charge < -0.3 is 19.5 Å². The number of likely N-dealkylation sites (tertiary alicyclic amines) is 1. The van der Waals surface area contributed by atoms with Gasteiger partial charge in [0.15, 0.2) is 0 Å². The van der Waals surface area contributed by atoms with E-state index in [1.54, 1.807) is 24.9 Å². The first-order valence-corrected chi connectivity index (χ1v) is 16.2. The molecule has 228 valence electrons. The maximum Gasteiger partial charge on any atom is 0.255 e. The molecule has 2 amide bonds. The van der Waals surface area contributed by atoms with Gasteiger partial charge in [0.05, 0.1) is 17.7 Å². The molecule has 2 aromatic rings. The van der Waals surface area contributed by atoms with E-state index >= 15 is 0 Å². The molecule has 0 radical (unpaired) electrons. The van der Waals surface area contributed by atoms with Crippen LogP contribution in [0.3, 0.4) is 0 Å². The molecule has 2 atom stereocenters. The first-order chi connectivity index (χ1) is 20.1.